The lowest BCUT2D eigenvalue weighted by molar-refractivity contribution is -0.138. The number of carbonyl (C=O) groups is 1. The van der Waals surface area contributed by atoms with Crippen molar-refractivity contribution in [1.82, 2.24) is 4.90 Å². The predicted molar refractivity (Wildman–Crippen MR) is 59.5 cm³/mol. The molecule has 1 aliphatic heterocycles. The molecule has 0 bridgehead atoms. The lowest BCUT2D eigenvalue weighted by Crippen LogP contribution is -2.44. The number of hydrogen-bond acceptors (Lipinski definition) is 3. The fourth-order valence-electron chi connectivity index (χ4n) is 1.41. The number of aliphatic hydroxyl groups is 1. The molecule has 1 rings (SSSR count). The van der Waals surface area contributed by atoms with Crippen LogP contribution in [-0.2, 0) is 7.86 Å². The van der Waals surface area contributed by atoms with Crippen molar-refractivity contribution in [3.8, 4) is 12.3 Å². The third kappa shape index (κ3) is 2.83. The number of halogens is 1. The van der Waals surface area contributed by atoms with Crippen LogP contribution in [0.3, 0.4) is 0 Å². The van der Waals surface area contributed by atoms with Crippen molar-refractivity contribution in [3.05, 3.63) is 0 Å². The maximum absolute atomic E-state index is 11.4. The molecule has 1 heterocycles. The van der Waals surface area contributed by atoms with Crippen molar-refractivity contribution in [1.29, 1.82) is 0 Å². The Morgan fingerprint density at radius 3 is 2.64 bits per heavy atom. The molecule has 14 heavy (non-hydrogen) atoms. The Morgan fingerprint density at radius 2 is 2.21 bits per heavy atom. The van der Waals surface area contributed by atoms with Crippen LogP contribution in [0.2, 0.25) is 0 Å². The van der Waals surface area contributed by atoms with E-state index >= 15 is 0 Å². The molecule has 1 atom stereocenters. The third-order valence-corrected chi connectivity index (χ3v) is 2.99. The minimum absolute atomic E-state index is 0.211. The van der Waals surface area contributed by atoms with Gasteiger partial charge < -0.3 is 13.1 Å². The average Bonchev–Trinajstić information content (AvgIpc) is 2.27. The zero-order chi connectivity index (χ0) is 10.6. The van der Waals surface area contributed by atoms with Gasteiger partial charge >= 0.3 is 0 Å². The van der Waals surface area contributed by atoms with Crippen LogP contribution in [0, 0.1) is 12.3 Å². The molecule has 0 aliphatic carbocycles. The molecule has 0 spiro atoms. The first-order valence-corrected chi connectivity index (χ1v) is 5.27. The Morgan fingerprint density at radius 1 is 1.64 bits per heavy atom. The highest BCUT2D eigenvalue weighted by Gasteiger charge is 2.26. The summed E-state index contributed by atoms with van der Waals surface area (Å²) in [6.45, 7) is 1.20. The van der Waals surface area contributed by atoms with Crippen LogP contribution in [0.15, 0.2) is 0 Å². The second-order valence-corrected chi connectivity index (χ2v) is 3.69. The van der Waals surface area contributed by atoms with Gasteiger partial charge in [0, 0.05) is 13.1 Å². The zero-order valence-corrected chi connectivity index (χ0v) is 9.81. The maximum Gasteiger partial charge on any atom is 0.263 e. The molecule has 1 N–H and O–H groups in total. The second kappa shape index (κ2) is 5.53. The average molecular weight is 309 g/mol. The summed E-state index contributed by atoms with van der Waals surface area (Å²) >= 11 is 1.87. The van der Waals surface area contributed by atoms with Crippen LogP contribution in [0.4, 0.5) is 0 Å². The smallest absolute Gasteiger partial charge is 0.263 e. The molecule has 1 saturated heterocycles. The number of aliphatic hydroxyl groups excluding tert-OH is 1. The summed E-state index contributed by atoms with van der Waals surface area (Å²) in [5.74, 6) is 1.64. The van der Waals surface area contributed by atoms with Crippen LogP contribution in [0.5, 0.6) is 0 Å². The van der Waals surface area contributed by atoms with E-state index in [2.05, 4.69) is 0 Å². The van der Waals surface area contributed by atoms with E-state index in [1.165, 1.54) is 0 Å². The Balaban J connectivity index is 2.42. The van der Waals surface area contributed by atoms with Crippen molar-refractivity contribution in [2.45, 2.75) is 25.0 Å². The molecule has 0 aromatic rings. The van der Waals surface area contributed by atoms with Crippen molar-refractivity contribution in [3.63, 3.8) is 0 Å². The highest BCUT2D eigenvalue weighted by Crippen LogP contribution is 2.16. The first-order valence-electron chi connectivity index (χ1n) is 4.39. The summed E-state index contributed by atoms with van der Waals surface area (Å²) < 4.78 is 5.14. The van der Waals surface area contributed by atoms with Gasteiger partial charge in [-0.05, 0) is 12.8 Å². The molecule has 1 fully saturated rings. The fraction of sp³-hybridized carbons (Fsp3) is 0.667. The lowest BCUT2D eigenvalue weighted by Gasteiger charge is -2.31. The monoisotopic (exact) mass is 309 g/mol. The van der Waals surface area contributed by atoms with Crippen LogP contribution >= 0.6 is 23.0 Å². The standard InChI is InChI=1S/C9H12INO3/c1-2-8(12)9(13)11-5-3-7(14-10)4-6-11/h1,7-8,12H,3-6H2/t8-/m0/s1. The normalized spacial score (nSPS) is 20.2. The molecule has 4 nitrogen and oxygen atoms in total. The Kier molecular flexibility index (Phi) is 4.65. The van der Waals surface area contributed by atoms with Crippen LogP contribution in [0.25, 0.3) is 0 Å². The number of likely N-dealkylation sites (tertiary alicyclic amines) is 1. The van der Waals surface area contributed by atoms with Crippen LogP contribution in [-0.4, -0.2) is 41.2 Å². The largest absolute Gasteiger partial charge is 0.372 e. The predicted octanol–water partition coefficient (Wildman–Crippen LogP) is 0.338. The van der Waals surface area contributed by atoms with Gasteiger partial charge in [0.05, 0.1) is 6.10 Å². The van der Waals surface area contributed by atoms with E-state index < -0.39 is 6.10 Å². The van der Waals surface area contributed by atoms with Gasteiger partial charge in [-0.1, -0.05) is 5.92 Å². The fourth-order valence-corrected chi connectivity index (χ4v) is 1.92. The molecule has 1 aliphatic rings. The van der Waals surface area contributed by atoms with Crippen molar-refractivity contribution >= 4 is 28.9 Å². The summed E-state index contributed by atoms with van der Waals surface area (Å²) in [6, 6.07) is 0. The highest BCUT2D eigenvalue weighted by atomic mass is 127. The summed E-state index contributed by atoms with van der Waals surface area (Å²) in [5, 5.41) is 9.14. The minimum atomic E-state index is -1.30. The Labute approximate surface area is 97.3 Å². The number of piperidine rings is 1. The van der Waals surface area contributed by atoms with Gasteiger partial charge in [0.25, 0.3) is 5.91 Å². The van der Waals surface area contributed by atoms with E-state index in [1.807, 2.05) is 28.9 Å². The number of terminal acetylenes is 1. The summed E-state index contributed by atoms with van der Waals surface area (Å²) in [6.07, 6.45) is 5.47. The van der Waals surface area contributed by atoms with Crippen LogP contribution in [0.1, 0.15) is 12.8 Å². The summed E-state index contributed by atoms with van der Waals surface area (Å²) in [5.41, 5.74) is 0. The topological polar surface area (TPSA) is 49.8 Å². The highest BCUT2D eigenvalue weighted by molar-refractivity contribution is 14.1. The van der Waals surface area contributed by atoms with Gasteiger partial charge in [0.2, 0.25) is 0 Å². The quantitative estimate of drug-likeness (QED) is 0.591. The van der Waals surface area contributed by atoms with E-state index in [-0.39, 0.29) is 12.0 Å². The van der Waals surface area contributed by atoms with Gasteiger partial charge in [-0.2, -0.15) is 0 Å². The number of hydrogen-bond donors (Lipinski definition) is 1. The Bertz CT molecular complexity index is 243. The van der Waals surface area contributed by atoms with Gasteiger partial charge in [0.1, 0.15) is 23.0 Å². The van der Waals surface area contributed by atoms with E-state index in [4.69, 9.17) is 14.6 Å². The minimum Gasteiger partial charge on any atom is -0.372 e. The molecular formula is C9H12INO3. The Hall–Kier alpha value is -0.320. The molecule has 0 saturated carbocycles. The molecule has 0 aromatic carbocycles. The summed E-state index contributed by atoms with van der Waals surface area (Å²) in [7, 11) is 0. The molecule has 0 unspecified atom stereocenters. The number of carbonyl (C=O) groups excluding carboxylic acids is 1. The van der Waals surface area contributed by atoms with Crippen molar-refractivity contribution in [2.24, 2.45) is 0 Å². The molecule has 5 heteroatoms. The van der Waals surface area contributed by atoms with Gasteiger partial charge in [-0.3, -0.25) is 4.79 Å². The van der Waals surface area contributed by atoms with Gasteiger partial charge in [-0.15, -0.1) is 6.42 Å². The van der Waals surface area contributed by atoms with E-state index in [0.29, 0.717) is 13.1 Å². The molecular weight excluding hydrogens is 297 g/mol. The molecule has 0 aromatic heterocycles. The van der Waals surface area contributed by atoms with E-state index in [0.717, 1.165) is 12.8 Å². The first-order chi connectivity index (χ1) is 6.69. The van der Waals surface area contributed by atoms with E-state index in [1.54, 1.807) is 4.90 Å². The van der Waals surface area contributed by atoms with Crippen LogP contribution < -0.4 is 0 Å². The molecule has 1 amide bonds. The van der Waals surface area contributed by atoms with Gasteiger partial charge in [-0.25, -0.2) is 0 Å². The van der Waals surface area contributed by atoms with Gasteiger partial charge in [0.15, 0.2) is 6.10 Å². The number of rotatable bonds is 2. The second-order valence-electron chi connectivity index (χ2n) is 3.18. The third-order valence-electron chi connectivity index (χ3n) is 2.27. The maximum atomic E-state index is 11.4. The van der Waals surface area contributed by atoms with Crippen molar-refractivity contribution in [2.75, 3.05) is 13.1 Å². The number of amides is 1. The summed E-state index contributed by atoms with van der Waals surface area (Å²) in [4.78, 5) is 13.0. The van der Waals surface area contributed by atoms with Crippen molar-refractivity contribution < 1.29 is 13.0 Å². The van der Waals surface area contributed by atoms with E-state index in [9.17, 15) is 4.79 Å². The SMILES string of the molecule is C#C[C@H](O)C(=O)N1CCC(OI)CC1. The molecule has 0 radical (unpaired) electrons. The lowest BCUT2D eigenvalue weighted by atomic mass is 10.1. The molecule has 78 valence electrons. The number of nitrogens with zero attached hydrogens (tertiary/aromatic N) is 1. The first kappa shape index (κ1) is 11.8. The zero-order valence-electron chi connectivity index (χ0n) is 7.65.